The number of rotatable bonds is 6. The highest BCUT2D eigenvalue weighted by Gasteiger charge is 2.16. The first-order valence-electron chi connectivity index (χ1n) is 9.43. The molecule has 0 aliphatic heterocycles. The fourth-order valence-electron chi connectivity index (χ4n) is 3.35. The van der Waals surface area contributed by atoms with Crippen LogP contribution in [0.3, 0.4) is 0 Å². The van der Waals surface area contributed by atoms with E-state index in [1.54, 1.807) is 31.4 Å². The summed E-state index contributed by atoms with van der Waals surface area (Å²) in [5, 5.41) is 3.58. The van der Waals surface area contributed by atoms with Crippen LogP contribution in [0.2, 0.25) is 0 Å². The predicted molar refractivity (Wildman–Crippen MR) is 113 cm³/mol. The molecule has 0 fully saturated rings. The number of fused-ring (bicyclic) bond motifs is 1. The number of nitrogens with one attached hydrogen (secondary N) is 1. The van der Waals surface area contributed by atoms with Crippen molar-refractivity contribution in [3.63, 3.8) is 0 Å². The van der Waals surface area contributed by atoms with Crippen molar-refractivity contribution in [1.82, 2.24) is 0 Å². The number of esters is 1. The summed E-state index contributed by atoms with van der Waals surface area (Å²) in [6.07, 6.45) is 0.367. The maximum atomic E-state index is 12.5. The van der Waals surface area contributed by atoms with Gasteiger partial charge in [-0.2, -0.15) is 0 Å². The number of anilines is 1. The van der Waals surface area contributed by atoms with Gasteiger partial charge in [0.25, 0.3) is 0 Å². The highest BCUT2D eigenvalue weighted by molar-refractivity contribution is 5.93. The van der Waals surface area contributed by atoms with Crippen molar-refractivity contribution in [2.24, 2.45) is 0 Å². The molecule has 1 heterocycles. The SMILES string of the molecule is COC(=O)c1ccc(NC(=O)CCc2c(C)c3ccc(OC)c(C)c3oc2=O)cc1. The average Bonchev–Trinajstić information content (AvgIpc) is 2.74. The van der Waals surface area contributed by atoms with E-state index < -0.39 is 11.6 Å². The van der Waals surface area contributed by atoms with Crippen molar-refractivity contribution in [1.29, 1.82) is 0 Å². The van der Waals surface area contributed by atoms with Crippen molar-refractivity contribution in [2.45, 2.75) is 26.7 Å². The zero-order valence-electron chi connectivity index (χ0n) is 17.3. The second kappa shape index (κ2) is 8.82. The quantitative estimate of drug-likeness (QED) is 0.492. The molecular formula is C23H23NO6. The maximum Gasteiger partial charge on any atom is 0.339 e. The van der Waals surface area contributed by atoms with Gasteiger partial charge in [-0.3, -0.25) is 4.79 Å². The fraction of sp³-hybridized carbons (Fsp3) is 0.261. The van der Waals surface area contributed by atoms with Crippen molar-refractivity contribution in [2.75, 3.05) is 19.5 Å². The average molecular weight is 409 g/mol. The molecule has 7 heteroatoms. The first-order chi connectivity index (χ1) is 14.3. The molecule has 0 aliphatic carbocycles. The summed E-state index contributed by atoms with van der Waals surface area (Å²) in [5.41, 5.74) is 3.02. The minimum Gasteiger partial charge on any atom is -0.496 e. The summed E-state index contributed by atoms with van der Waals surface area (Å²) < 4.78 is 15.5. The molecule has 1 N–H and O–H groups in total. The van der Waals surface area contributed by atoms with Gasteiger partial charge in [-0.05, 0) is 62.2 Å². The Labute approximate surface area is 173 Å². The lowest BCUT2D eigenvalue weighted by atomic mass is 10.00. The van der Waals surface area contributed by atoms with Crippen LogP contribution in [0.15, 0.2) is 45.6 Å². The van der Waals surface area contributed by atoms with E-state index in [0.29, 0.717) is 28.1 Å². The van der Waals surface area contributed by atoms with E-state index >= 15 is 0 Å². The van der Waals surface area contributed by atoms with E-state index in [9.17, 15) is 14.4 Å². The molecule has 0 radical (unpaired) electrons. The Morgan fingerprint density at radius 3 is 2.33 bits per heavy atom. The summed E-state index contributed by atoms with van der Waals surface area (Å²) in [6, 6.07) is 10.1. The molecule has 156 valence electrons. The summed E-state index contributed by atoms with van der Waals surface area (Å²) in [7, 11) is 2.87. The van der Waals surface area contributed by atoms with Crippen LogP contribution in [-0.4, -0.2) is 26.1 Å². The predicted octanol–water partition coefficient (Wildman–Crippen LogP) is 3.78. The zero-order chi connectivity index (χ0) is 21.8. The standard InChI is InChI=1S/C23H23NO6/c1-13-17-9-11-19(28-3)14(2)21(17)30-23(27)18(13)10-12-20(25)24-16-7-5-15(6-8-16)22(26)29-4/h5-9,11H,10,12H2,1-4H3,(H,24,25). The van der Waals surface area contributed by atoms with Gasteiger partial charge >= 0.3 is 11.6 Å². The molecule has 30 heavy (non-hydrogen) atoms. The van der Waals surface area contributed by atoms with Gasteiger partial charge < -0.3 is 19.2 Å². The number of methoxy groups -OCH3 is 2. The number of carbonyl (C=O) groups excluding carboxylic acids is 2. The summed E-state index contributed by atoms with van der Waals surface area (Å²) in [5.74, 6) is -0.0414. The topological polar surface area (TPSA) is 94.8 Å². The first kappa shape index (κ1) is 21.1. The highest BCUT2D eigenvalue weighted by Crippen LogP contribution is 2.29. The van der Waals surface area contributed by atoms with Crippen molar-refractivity contribution in [3.8, 4) is 5.75 Å². The molecule has 0 bridgehead atoms. The Bertz CT molecular complexity index is 1160. The molecule has 2 aromatic carbocycles. The second-order valence-corrected chi connectivity index (χ2v) is 6.88. The first-order valence-corrected chi connectivity index (χ1v) is 9.43. The normalized spacial score (nSPS) is 10.7. The van der Waals surface area contributed by atoms with Crippen LogP contribution < -0.4 is 15.7 Å². The summed E-state index contributed by atoms with van der Waals surface area (Å²) in [4.78, 5) is 36.3. The molecule has 1 amide bonds. The molecule has 1 aromatic heterocycles. The molecule has 0 saturated heterocycles. The molecule has 0 unspecified atom stereocenters. The summed E-state index contributed by atoms with van der Waals surface area (Å²) >= 11 is 0. The molecule has 0 spiro atoms. The van der Waals surface area contributed by atoms with Gasteiger partial charge in [0.05, 0.1) is 19.8 Å². The number of amides is 1. The van der Waals surface area contributed by atoms with Gasteiger partial charge in [0.2, 0.25) is 5.91 Å². The molecule has 0 aliphatic rings. The number of aryl methyl sites for hydroxylation is 2. The van der Waals surface area contributed by atoms with Crippen LogP contribution in [0.4, 0.5) is 5.69 Å². The zero-order valence-corrected chi connectivity index (χ0v) is 17.3. The number of benzene rings is 2. The molecule has 0 atom stereocenters. The molecular weight excluding hydrogens is 386 g/mol. The van der Waals surface area contributed by atoms with Gasteiger partial charge in [0.1, 0.15) is 11.3 Å². The van der Waals surface area contributed by atoms with E-state index in [1.165, 1.54) is 7.11 Å². The van der Waals surface area contributed by atoms with Crippen LogP contribution in [0.25, 0.3) is 11.0 Å². The Kier molecular flexibility index (Phi) is 6.20. The van der Waals surface area contributed by atoms with E-state index in [1.807, 2.05) is 26.0 Å². The van der Waals surface area contributed by atoms with E-state index in [-0.39, 0.29) is 18.7 Å². The Morgan fingerprint density at radius 2 is 1.70 bits per heavy atom. The van der Waals surface area contributed by atoms with Gasteiger partial charge in [-0.1, -0.05) is 0 Å². The number of ether oxygens (including phenoxy) is 2. The van der Waals surface area contributed by atoms with E-state index in [0.717, 1.165) is 16.5 Å². The monoisotopic (exact) mass is 409 g/mol. The number of hydrogen-bond acceptors (Lipinski definition) is 6. The minimum atomic E-state index is -0.452. The highest BCUT2D eigenvalue weighted by atomic mass is 16.5. The van der Waals surface area contributed by atoms with Crippen molar-refractivity contribution >= 4 is 28.5 Å². The van der Waals surface area contributed by atoms with Crippen LogP contribution in [0.1, 0.15) is 33.5 Å². The third-order valence-corrected chi connectivity index (χ3v) is 5.07. The lowest BCUT2D eigenvalue weighted by Gasteiger charge is -2.11. The van der Waals surface area contributed by atoms with Crippen LogP contribution in [0.5, 0.6) is 5.75 Å². The van der Waals surface area contributed by atoms with E-state index in [4.69, 9.17) is 9.15 Å². The van der Waals surface area contributed by atoms with E-state index in [2.05, 4.69) is 10.1 Å². The molecule has 0 saturated carbocycles. The van der Waals surface area contributed by atoms with Crippen LogP contribution >= 0.6 is 0 Å². The maximum absolute atomic E-state index is 12.5. The van der Waals surface area contributed by atoms with Crippen LogP contribution in [0, 0.1) is 13.8 Å². The Morgan fingerprint density at radius 1 is 1.00 bits per heavy atom. The number of carbonyl (C=O) groups is 2. The van der Waals surface area contributed by atoms with Gasteiger partial charge in [0, 0.05) is 28.6 Å². The smallest absolute Gasteiger partial charge is 0.339 e. The third kappa shape index (κ3) is 4.20. The second-order valence-electron chi connectivity index (χ2n) is 6.88. The van der Waals surface area contributed by atoms with Gasteiger partial charge in [-0.25, -0.2) is 9.59 Å². The Balaban J connectivity index is 1.74. The number of hydrogen-bond donors (Lipinski definition) is 1. The lowest BCUT2D eigenvalue weighted by molar-refractivity contribution is -0.116. The summed E-state index contributed by atoms with van der Waals surface area (Å²) in [6.45, 7) is 3.69. The fourth-order valence-corrected chi connectivity index (χ4v) is 3.35. The molecule has 7 nitrogen and oxygen atoms in total. The largest absolute Gasteiger partial charge is 0.496 e. The molecule has 3 rings (SSSR count). The van der Waals surface area contributed by atoms with Crippen LogP contribution in [-0.2, 0) is 16.0 Å². The van der Waals surface area contributed by atoms with Gasteiger partial charge in [-0.15, -0.1) is 0 Å². The molecule has 3 aromatic rings. The van der Waals surface area contributed by atoms with Crippen molar-refractivity contribution in [3.05, 3.63) is 69.1 Å². The minimum absolute atomic E-state index is 0.116. The van der Waals surface area contributed by atoms with Gasteiger partial charge in [0.15, 0.2) is 0 Å². The lowest BCUT2D eigenvalue weighted by Crippen LogP contribution is -2.17. The third-order valence-electron chi connectivity index (χ3n) is 5.07. The van der Waals surface area contributed by atoms with Crippen molar-refractivity contribution < 1.29 is 23.5 Å². The Hall–Kier alpha value is -3.61.